The Morgan fingerprint density at radius 3 is 2.46 bits per heavy atom. The molecule has 0 spiro atoms. The van der Waals surface area contributed by atoms with Crippen LogP contribution in [0, 0.1) is 6.92 Å². The van der Waals surface area contributed by atoms with E-state index < -0.39 is 40.2 Å². The Hall–Kier alpha value is -3.91. The second-order valence-electron chi connectivity index (χ2n) is 8.38. The molecule has 0 fully saturated rings. The molecule has 0 aliphatic heterocycles. The number of aryl methyl sites for hydroxylation is 1. The summed E-state index contributed by atoms with van der Waals surface area (Å²) in [4.78, 5) is 17.6. The van der Waals surface area contributed by atoms with Gasteiger partial charge in [0.25, 0.3) is 5.91 Å². The van der Waals surface area contributed by atoms with E-state index in [1.165, 1.54) is 34.2 Å². The van der Waals surface area contributed by atoms with E-state index in [1.54, 1.807) is 24.4 Å². The van der Waals surface area contributed by atoms with Crippen LogP contribution >= 0.6 is 22.9 Å². The maximum atomic E-state index is 13.8. The number of aromatic nitrogens is 5. The zero-order valence-electron chi connectivity index (χ0n) is 19.6. The zero-order chi connectivity index (χ0) is 28.1. The summed E-state index contributed by atoms with van der Waals surface area (Å²) < 4.78 is 82.5. The number of nitrogens with one attached hydrogen (secondary N) is 1. The number of alkyl halides is 6. The predicted octanol–water partition coefficient (Wildman–Crippen LogP) is 6.95. The number of halogens is 7. The van der Waals surface area contributed by atoms with Crippen molar-refractivity contribution < 1.29 is 31.1 Å². The molecule has 0 aliphatic rings. The summed E-state index contributed by atoms with van der Waals surface area (Å²) in [6.07, 6.45) is -9.33. The Morgan fingerprint density at radius 1 is 1.03 bits per heavy atom. The second-order valence-corrected chi connectivity index (χ2v) is 9.71. The van der Waals surface area contributed by atoms with E-state index in [9.17, 15) is 31.1 Å². The zero-order valence-corrected chi connectivity index (χ0v) is 21.2. The van der Waals surface area contributed by atoms with Crippen LogP contribution in [0.3, 0.4) is 0 Å². The number of thiophene rings is 1. The van der Waals surface area contributed by atoms with Crippen LogP contribution in [-0.2, 0) is 18.9 Å². The number of hydrogen-bond acceptors (Lipinski definition) is 5. The number of nitrogens with zero attached hydrogens (tertiary/aromatic N) is 5. The smallest absolute Gasteiger partial charge is 0.304 e. The highest BCUT2D eigenvalue weighted by molar-refractivity contribution is 7.13. The van der Waals surface area contributed by atoms with Crippen LogP contribution in [0.25, 0.3) is 16.2 Å². The normalized spacial score (nSPS) is 12.3. The largest absolute Gasteiger partial charge is 0.433 e. The highest BCUT2D eigenvalue weighted by Gasteiger charge is 2.37. The van der Waals surface area contributed by atoms with Crippen molar-refractivity contribution in [1.82, 2.24) is 24.4 Å². The first-order chi connectivity index (χ1) is 18.3. The third-order valence-corrected chi connectivity index (χ3v) is 6.86. The van der Waals surface area contributed by atoms with Gasteiger partial charge in [0.2, 0.25) is 0 Å². The van der Waals surface area contributed by atoms with Gasteiger partial charge in [-0.1, -0.05) is 29.8 Å². The van der Waals surface area contributed by atoms with Gasteiger partial charge in [0.1, 0.15) is 5.02 Å². The van der Waals surface area contributed by atoms with Crippen molar-refractivity contribution in [2.75, 3.05) is 5.32 Å². The van der Waals surface area contributed by atoms with Gasteiger partial charge in [0.05, 0.1) is 22.7 Å². The minimum Gasteiger partial charge on any atom is -0.304 e. The Morgan fingerprint density at radius 2 is 1.79 bits per heavy atom. The van der Waals surface area contributed by atoms with Gasteiger partial charge >= 0.3 is 12.4 Å². The Balaban J connectivity index is 1.44. The van der Waals surface area contributed by atoms with Crippen LogP contribution in [0.5, 0.6) is 0 Å². The molecule has 7 nitrogen and oxygen atoms in total. The molecule has 5 aromatic rings. The van der Waals surface area contributed by atoms with Gasteiger partial charge in [-0.25, -0.2) is 9.50 Å². The van der Waals surface area contributed by atoms with Crippen LogP contribution < -0.4 is 5.32 Å². The predicted molar refractivity (Wildman–Crippen MR) is 132 cm³/mol. The fourth-order valence-electron chi connectivity index (χ4n) is 3.81. The van der Waals surface area contributed by atoms with Crippen LogP contribution in [0.4, 0.5) is 32.2 Å². The maximum absolute atomic E-state index is 13.8. The number of anilines is 1. The van der Waals surface area contributed by atoms with Crippen molar-refractivity contribution in [3.63, 3.8) is 0 Å². The quantitative estimate of drug-likeness (QED) is 0.227. The fraction of sp³-hybridized carbons (Fsp3) is 0.167. The van der Waals surface area contributed by atoms with Gasteiger partial charge < -0.3 is 5.32 Å². The summed E-state index contributed by atoms with van der Waals surface area (Å²) in [5.41, 5.74) is -2.00. The van der Waals surface area contributed by atoms with E-state index in [2.05, 4.69) is 20.5 Å². The molecule has 4 aromatic heterocycles. The van der Waals surface area contributed by atoms with Gasteiger partial charge in [-0.05, 0) is 42.1 Å². The summed E-state index contributed by atoms with van der Waals surface area (Å²) in [5.74, 6) is -0.944. The molecule has 0 saturated heterocycles. The average molecular weight is 585 g/mol. The second kappa shape index (κ2) is 9.68. The Kier molecular flexibility index (Phi) is 6.63. The van der Waals surface area contributed by atoms with E-state index in [4.69, 9.17) is 11.6 Å². The molecule has 0 radical (unpaired) electrons. The van der Waals surface area contributed by atoms with Gasteiger partial charge in [0, 0.05) is 11.8 Å². The number of carbonyl (C=O) groups is 1. The van der Waals surface area contributed by atoms with Gasteiger partial charge in [-0.2, -0.15) is 36.5 Å². The van der Waals surface area contributed by atoms with Crippen molar-refractivity contribution in [3.8, 4) is 10.6 Å². The molecule has 0 bridgehead atoms. The summed E-state index contributed by atoms with van der Waals surface area (Å²) in [5, 5.41) is 11.7. The van der Waals surface area contributed by atoms with Gasteiger partial charge in [0.15, 0.2) is 22.9 Å². The molecule has 15 heteroatoms. The minimum absolute atomic E-state index is 0.000812. The summed E-state index contributed by atoms with van der Waals surface area (Å²) >= 11 is 7.46. The van der Waals surface area contributed by atoms with Gasteiger partial charge in [-0.3, -0.25) is 9.48 Å². The van der Waals surface area contributed by atoms with E-state index in [-0.39, 0.29) is 23.7 Å². The molecule has 0 aliphatic carbocycles. The molecule has 0 saturated carbocycles. The first kappa shape index (κ1) is 26.7. The molecular formula is C24H15ClF6N6OS. The lowest BCUT2D eigenvalue weighted by atomic mass is 10.1. The monoisotopic (exact) mass is 584 g/mol. The molecule has 1 aromatic carbocycles. The summed E-state index contributed by atoms with van der Waals surface area (Å²) in [6.45, 7) is 1.60. The number of rotatable bonds is 5. The first-order valence-corrected chi connectivity index (χ1v) is 12.3. The highest BCUT2D eigenvalue weighted by Crippen LogP contribution is 2.36. The fourth-order valence-corrected chi connectivity index (χ4v) is 4.75. The van der Waals surface area contributed by atoms with Crippen molar-refractivity contribution in [2.45, 2.75) is 25.8 Å². The molecule has 5 rings (SSSR count). The lowest BCUT2D eigenvalue weighted by Gasteiger charge is -2.10. The number of hydrogen-bond donors (Lipinski definition) is 1. The third-order valence-electron chi connectivity index (χ3n) is 5.62. The standard InChI is InChI=1S/C24H15ClF6N6OS/c1-12-8-18(34-36(12)11-13-4-2-5-14(9-13)23(26,27)28)33-22(38)20-19(25)21-32-15(16-6-3-7-39-16)10-17(24(29,30)31)37(21)35-20/h2-10H,11H2,1H3,(H,33,34,38). The van der Waals surface area contributed by atoms with Crippen LogP contribution in [0.1, 0.15) is 33.0 Å². The van der Waals surface area contributed by atoms with Crippen LogP contribution in [-0.4, -0.2) is 30.3 Å². The van der Waals surface area contributed by atoms with E-state index in [0.717, 1.165) is 18.2 Å². The van der Waals surface area contributed by atoms with Crippen molar-refractivity contribution in [1.29, 1.82) is 0 Å². The highest BCUT2D eigenvalue weighted by atomic mass is 35.5. The summed E-state index contributed by atoms with van der Waals surface area (Å²) in [6, 6.07) is 10.2. The first-order valence-electron chi connectivity index (χ1n) is 11.0. The molecular weight excluding hydrogens is 570 g/mol. The van der Waals surface area contributed by atoms with Gasteiger partial charge in [-0.15, -0.1) is 11.3 Å². The number of carbonyl (C=O) groups excluding carboxylic acids is 1. The lowest BCUT2D eigenvalue weighted by molar-refractivity contribution is -0.142. The Bertz CT molecular complexity index is 1690. The average Bonchev–Trinajstić information content (AvgIpc) is 3.58. The number of benzene rings is 1. The third kappa shape index (κ3) is 5.34. The molecule has 39 heavy (non-hydrogen) atoms. The molecule has 202 valence electrons. The molecule has 1 amide bonds. The maximum Gasteiger partial charge on any atom is 0.433 e. The Labute approximate surface area is 224 Å². The lowest BCUT2D eigenvalue weighted by Crippen LogP contribution is -2.16. The van der Waals surface area contributed by atoms with E-state index in [0.29, 0.717) is 20.6 Å². The minimum atomic E-state index is -4.82. The van der Waals surface area contributed by atoms with Crippen LogP contribution in [0.15, 0.2) is 53.9 Å². The van der Waals surface area contributed by atoms with Crippen LogP contribution in [0.2, 0.25) is 5.02 Å². The summed E-state index contributed by atoms with van der Waals surface area (Å²) in [7, 11) is 0. The van der Waals surface area contributed by atoms with E-state index >= 15 is 0 Å². The van der Waals surface area contributed by atoms with Crippen molar-refractivity contribution >= 4 is 40.3 Å². The van der Waals surface area contributed by atoms with Crippen molar-refractivity contribution in [2.24, 2.45) is 0 Å². The SMILES string of the molecule is Cc1cc(NC(=O)c2nn3c(C(F)(F)F)cc(-c4cccs4)nc3c2Cl)nn1Cc1cccc(C(F)(F)F)c1. The van der Waals surface area contributed by atoms with E-state index in [1.807, 2.05) is 0 Å². The topological polar surface area (TPSA) is 77.1 Å². The number of amides is 1. The molecule has 1 N–H and O–H groups in total. The molecule has 0 unspecified atom stereocenters. The number of fused-ring (bicyclic) bond motifs is 1. The molecule has 4 heterocycles. The molecule has 0 atom stereocenters. The van der Waals surface area contributed by atoms with Crippen molar-refractivity contribution in [3.05, 3.63) is 87.1 Å².